The standard InChI is InChI=1S/C18H30O5S/c1-4-5-6-7-8-9-10-17-11-13-18(14-12-17)23-15(2)22-16(3)24(19,20)21/h11-16H,4-10H2,1-3H3,(H,19,20,21)/p-1. The Morgan fingerprint density at radius 1 is 1.00 bits per heavy atom. The van der Waals surface area contributed by atoms with Gasteiger partial charge in [0, 0.05) is 0 Å². The zero-order chi connectivity index (χ0) is 18.0. The van der Waals surface area contributed by atoms with Gasteiger partial charge in [0.1, 0.15) is 21.3 Å². The predicted octanol–water partition coefficient (Wildman–Crippen LogP) is 4.22. The van der Waals surface area contributed by atoms with Crippen LogP contribution in [0.1, 0.15) is 64.9 Å². The van der Waals surface area contributed by atoms with Crippen molar-refractivity contribution >= 4 is 10.1 Å². The molecule has 138 valence electrons. The third-order valence-corrected chi connectivity index (χ3v) is 4.76. The first-order valence-corrected chi connectivity index (χ1v) is 10.2. The number of hydrogen-bond donors (Lipinski definition) is 0. The van der Waals surface area contributed by atoms with Gasteiger partial charge in [-0.15, -0.1) is 0 Å². The van der Waals surface area contributed by atoms with Gasteiger partial charge < -0.3 is 14.0 Å². The molecule has 0 spiro atoms. The van der Waals surface area contributed by atoms with Gasteiger partial charge in [-0.05, 0) is 44.4 Å². The average molecular weight is 357 g/mol. The van der Waals surface area contributed by atoms with Crippen molar-refractivity contribution in [3.63, 3.8) is 0 Å². The summed E-state index contributed by atoms with van der Waals surface area (Å²) in [5.74, 6) is 0.588. The molecule has 0 saturated heterocycles. The maximum atomic E-state index is 10.8. The van der Waals surface area contributed by atoms with Gasteiger partial charge in [-0.1, -0.05) is 51.2 Å². The van der Waals surface area contributed by atoms with E-state index >= 15 is 0 Å². The van der Waals surface area contributed by atoms with Crippen LogP contribution >= 0.6 is 0 Å². The minimum Gasteiger partial charge on any atom is -0.746 e. The second kappa shape index (κ2) is 10.7. The third kappa shape index (κ3) is 8.66. The highest BCUT2D eigenvalue weighted by Gasteiger charge is 2.15. The number of aryl methyl sites for hydroxylation is 1. The van der Waals surface area contributed by atoms with Gasteiger partial charge in [0.2, 0.25) is 0 Å². The Hall–Kier alpha value is -1.11. The third-order valence-electron chi connectivity index (χ3n) is 3.83. The summed E-state index contributed by atoms with van der Waals surface area (Å²) in [6, 6.07) is 7.68. The Morgan fingerprint density at radius 2 is 1.58 bits per heavy atom. The number of benzene rings is 1. The lowest BCUT2D eigenvalue weighted by Crippen LogP contribution is -2.28. The maximum Gasteiger partial charge on any atom is 0.198 e. The van der Waals surface area contributed by atoms with E-state index in [0.29, 0.717) is 5.75 Å². The number of rotatable bonds is 12. The van der Waals surface area contributed by atoms with Gasteiger partial charge >= 0.3 is 0 Å². The highest BCUT2D eigenvalue weighted by molar-refractivity contribution is 7.86. The first kappa shape index (κ1) is 20.9. The Balaban J connectivity index is 2.33. The summed E-state index contributed by atoms with van der Waals surface area (Å²) >= 11 is 0. The highest BCUT2D eigenvalue weighted by atomic mass is 32.2. The second-order valence-electron chi connectivity index (χ2n) is 6.04. The highest BCUT2D eigenvalue weighted by Crippen LogP contribution is 2.17. The van der Waals surface area contributed by atoms with E-state index < -0.39 is 21.8 Å². The fourth-order valence-electron chi connectivity index (χ4n) is 2.40. The summed E-state index contributed by atoms with van der Waals surface area (Å²) in [6.07, 6.45) is 7.87. The first-order valence-electron chi connectivity index (χ1n) is 8.68. The summed E-state index contributed by atoms with van der Waals surface area (Å²) in [4.78, 5) is 0. The summed E-state index contributed by atoms with van der Waals surface area (Å²) in [6.45, 7) is 4.98. The minimum absolute atomic E-state index is 0.588. The van der Waals surface area contributed by atoms with Crippen LogP contribution < -0.4 is 4.74 Å². The molecule has 2 unspecified atom stereocenters. The SMILES string of the molecule is CCCCCCCCc1ccc(OC(C)OC(C)S(=O)(=O)[O-])cc1. The first-order chi connectivity index (χ1) is 11.3. The van der Waals surface area contributed by atoms with Crippen molar-refractivity contribution < 1.29 is 22.4 Å². The Kier molecular flexibility index (Phi) is 9.33. The molecule has 1 aromatic rings. The van der Waals surface area contributed by atoms with Crippen LogP contribution in [-0.4, -0.2) is 24.7 Å². The van der Waals surface area contributed by atoms with Gasteiger partial charge in [-0.3, -0.25) is 0 Å². The average Bonchev–Trinajstić information content (AvgIpc) is 2.51. The molecule has 0 bridgehead atoms. The molecular weight excluding hydrogens is 328 g/mol. The van der Waals surface area contributed by atoms with Crippen molar-refractivity contribution in [1.82, 2.24) is 0 Å². The van der Waals surface area contributed by atoms with Crippen LogP contribution in [0.4, 0.5) is 0 Å². The van der Waals surface area contributed by atoms with E-state index in [-0.39, 0.29) is 0 Å². The molecule has 24 heavy (non-hydrogen) atoms. The lowest BCUT2D eigenvalue weighted by molar-refractivity contribution is -0.0780. The van der Waals surface area contributed by atoms with Gasteiger partial charge in [0.15, 0.2) is 6.29 Å². The van der Waals surface area contributed by atoms with E-state index in [0.717, 1.165) is 6.42 Å². The Labute approximate surface area is 146 Å². The summed E-state index contributed by atoms with van der Waals surface area (Å²) < 4.78 is 43.0. The molecule has 0 aliphatic heterocycles. The number of ether oxygens (including phenoxy) is 2. The van der Waals surface area contributed by atoms with Crippen LogP contribution in [-0.2, 0) is 21.3 Å². The molecule has 0 saturated carbocycles. The monoisotopic (exact) mass is 357 g/mol. The Morgan fingerprint density at radius 3 is 2.17 bits per heavy atom. The largest absolute Gasteiger partial charge is 0.746 e. The smallest absolute Gasteiger partial charge is 0.198 e. The molecule has 0 N–H and O–H groups in total. The molecule has 0 radical (unpaired) electrons. The fourth-order valence-corrected chi connectivity index (χ4v) is 2.69. The molecule has 1 rings (SSSR count). The van der Waals surface area contributed by atoms with Crippen molar-refractivity contribution in [1.29, 1.82) is 0 Å². The van der Waals surface area contributed by atoms with Gasteiger partial charge in [0.05, 0.1) is 0 Å². The molecule has 0 aliphatic rings. The molecule has 5 nitrogen and oxygen atoms in total. The van der Waals surface area contributed by atoms with E-state index in [9.17, 15) is 13.0 Å². The van der Waals surface area contributed by atoms with Crippen LogP contribution in [0.15, 0.2) is 24.3 Å². The van der Waals surface area contributed by atoms with Gasteiger partial charge in [0.25, 0.3) is 0 Å². The molecule has 0 aliphatic carbocycles. The molecule has 1 aromatic carbocycles. The molecule has 6 heteroatoms. The van der Waals surface area contributed by atoms with Crippen molar-refractivity contribution in [3.8, 4) is 5.75 Å². The number of hydrogen-bond acceptors (Lipinski definition) is 5. The zero-order valence-electron chi connectivity index (χ0n) is 14.9. The van der Waals surface area contributed by atoms with Gasteiger partial charge in [-0.25, -0.2) is 8.42 Å². The zero-order valence-corrected chi connectivity index (χ0v) is 15.7. The topological polar surface area (TPSA) is 75.7 Å². The predicted molar refractivity (Wildman–Crippen MR) is 93.9 cm³/mol. The molecule has 0 heterocycles. The van der Waals surface area contributed by atoms with Gasteiger partial charge in [-0.2, -0.15) is 0 Å². The fraction of sp³-hybridized carbons (Fsp3) is 0.667. The van der Waals surface area contributed by atoms with Crippen molar-refractivity contribution in [2.24, 2.45) is 0 Å². The normalized spacial score (nSPS) is 14.3. The molecule has 0 fully saturated rings. The summed E-state index contributed by atoms with van der Waals surface area (Å²) in [5.41, 5.74) is -0.179. The maximum absolute atomic E-state index is 10.8. The summed E-state index contributed by atoms with van der Waals surface area (Å²) in [5, 5.41) is 0. The van der Waals surface area contributed by atoms with Crippen LogP contribution in [0.25, 0.3) is 0 Å². The van der Waals surface area contributed by atoms with E-state index in [1.54, 1.807) is 6.92 Å². The van der Waals surface area contributed by atoms with E-state index in [2.05, 4.69) is 6.92 Å². The lowest BCUT2D eigenvalue weighted by Gasteiger charge is -2.22. The van der Waals surface area contributed by atoms with Crippen molar-refractivity contribution in [3.05, 3.63) is 29.8 Å². The number of unbranched alkanes of at least 4 members (excludes halogenated alkanes) is 5. The van der Waals surface area contributed by atoms with Crippen LogP contribution in [0.2, 0.25) is 0 Å². The minimum atomic E-state index is -4.47. The molecule has 2 atom stereocenters. The molecule has 0 amide bonds. The van der Waals surface area contributed by atoms with E-state index in [4.69, 9.17) is 9.47 Å². The van der Waals surface area contributed by atoms with Crippen LogP contribution in [0.3, 0.4) is 0 Å². The molecule has 0 aromatic heterocycles. The van der Waals surface area contributed by atoms with Crippen LogP contribution in [0, 0.1) is 0 Å². The Bertz CT molecular complexity index is 553. The van der Waals surface area contributed by atoms with Crippen molar-refractivity contribution in [2.75, 3.05) is 0 Å². The van der Waals surface area contributed by atoms with Crippen molar-refractivity contribution in [2.45, 2.75) is 77.4 Å². The second-order valence-corrected chi connectivity index (χ2v) is 7.69. The quantitative estimate of drug-likeness (QED) is 0.318. The van der Waals surface area contributed by atoms with E-state index in [1.165, 1.54) is 51.0 Å². The van der Waals surface area contributed by atoms with Crippen LogP contribution in [0.5, 0.6) is 5.75 Å². The summed E-state index contributed by atoms with van der Waals surface area (Å²) in [7, 11) is -4.47. The van der Waals surface area contributed by atoms with E-state index in [1.807, 2.05) is 24.3 Å². The lowest BCUT2D eigenvalue weighted by atomic mass is 10.0. The molecular formula is C18H29O5S-.